The Labute approximate surface area is 197 Å². The van der Waals surface area contributed by atoms with Crippen LogP contribution in [0, 0.1) is 0 Å². The summed E-state index contributed by atoms with van der Waals surface area (Å²) >= 11 is 6.05. The first-order valence-electron chi connectivity index (χ1n) is 10.7. The molecule has 0 aliphatic rings. The van der Waals surface area contributed by atoms with E-state index in [-0.39, 0.29) is 0 Å². The molecule has 0 amide bonds. The summed E-state index contributed by atoms with van der Waals surface area (Å²) in [6, 6.07) is 30.1. The van der Waals surface area contributed by atoms with Gasteiger partial charge in [0, 0.05) is 22.8 Å². The van der Waals surface area contributed by atoms with Gasteiger partial charge in [0.1, 0.15) is 12.4 Å². The van der Waals surface area contributed by atoms with Crippen molar-refractivity contribution in [2.24, 2.45) is 0 Å². The van der Waals surface area contributed by atoms with E-state index in [1.54, 1.807) is 6.20 Å². The Kier molecular flexibility index (Phi) is 6.18. The minimum atomic E-state index is 0.422. The zero-order valence-corrected chi connectivity index (χ0v) is 18.7. The number of benzene rings is 3. The molecular weight excluding hydrogens is 430 g/mol. The maximum absolute atomic E-state index is 6.05. The van der Waals surface area contributed by atoms with Crippen LogP contribution in [-0.4, -0.2) is 14.8 Å². The van der Waals surface area contributed by atoms with E-state index in [4.69, 9.17) is 16.3 Å². The Morgan fingerprint density at radius 2 is 1.70 bits per heavy atom. The highest BCUT2D eigenvalue weighted by Crippen LogP contribution is 2.24. The maximum atomic E-state index is 6.05. The van der Waals surface area contributed by atoms with Crippen LogP contribution in [0.1, 0.15) is 16.8 Å². The number of fused-ring (bicyclic) bond motifs is 1. The molecule has 0 spiro atoms. The topological polar surface area (TPSA) is 39.9 Å². The summed E-state index contributed by atoms with van der Waals surface area (Å²) in [6.45, 7) is 1.09. The number of nitrogens with zero attached hydrogens (tertiary/aromatic N) is 3. The Bertz CT molecular complexity index is 1380. The standard InChI is InChI=1S/C28H22ClN3O/c29-25-11-6-21(7-12-25)18-24(19-32-17-3-16-30-32)22-9-14-27(15-10-22)33-20-26-13-8-23-4-1-2-5-28(23)31-26/h1-18H,19-20H2/b24-18-. The number of hydrogen-bond donors (Lipinski definition) is 0. The van der Waals surface area contributed by atoms with E-state index in [2.05, 4.69) is 40.4 Å². The van der Waals surface area contributed by atoms with E-state index in [0.717, 1.165) is 44.1 Å². The van der Waals surface area contributed by atoms with Crippen molar-refractivity contribution in [2.75, 3.05) is 0 Å². The number of allylic oxidation sites excluding steroid dienone is 1. The zero-order chi connectivity index (χ0) is 22.5. The molecule has 5 heteroatoms. The van der Waals surface area contributed by atoms with E-state index in [0.29, 0.717) is 13.2 Å². The first-order chi connectivity index (χ1) is 16.2. The maximum Gasteiger partial charge on any atom is 0.130 e. The largest absolute Gasteiger partial charge is 0.487 e. The molecule has 2 heterocycles. The van der Waals surface area contributed by atoms with E-state index in [1.807, 2.05) is 77.6 Å². The van der Waals surface area contributed by atoms with Gasteiger partial charge in [0.15, 0.2) is 0 Å². The third-order valence-corrected chi connectivity index (χ3v) is 5.62. The molecule has 33 heavy (non-hydrogen) atoms. The van der Waals surface area contributed by atoms with Gasteiger partial charge in [0.05, 0.1) is 17.8 Å². The lowest BCUT2D eigenvalue weighted by Crippen LogP contribution is -2.02. The van der Waals surface area contributed by atoms with E-state index in [1.165, 1.54) is 0 Å². The predicted molar refractivity (Wildman–Crippen MR) is 134 cm³/mol. The Hall–Kier alpha value is -3.89. The number of aromatic nitrogens is 3. The van der Waals surface area contributed by atoms with Crippen molar-refractivity contribution < 1.29 is 4.74 Å². The number of halogens is 1. The van der Waals surface area contributed by atoms with Crippen LogP contribution in [0.15, 0.2) is 103 Å². The number of rotatable bonds is 7. The van der Waals surface area contributed by atoms with Crippen molar-refractivity contribution in [1.82, 2.24) is 14.8 Å². The zero-order valence-electron chi connectivity index (χ0n) is 17.9. The van der Waals surface area contributed by atoms with Crippen molar-refractivity contribution in [2.45, 2.75) is 13.2 Å². The summed E-state index contributed by atoms with van der Waals surface area (Å²) in [5.74, 6) is 0.804. The van der Waals surface area contributed by atoms with Gasteiger partial charge in [0.2, 0.25) is 0 Å². The molecule has 0 N–H and O–H groups in total. The Morgan fingerprint density at radius 1 is 0.879 bits per heavy atom. The van der Waals surface area contributed by atoms with Gasteiger partial charge in [-0.3, -0.25) is 4.68 Å². The summed E-state index contributed by atoms with van der Waals surface area (Å²) in [4.78, 5) is 4.68. The SMILES string of the molecule is Clc1ccc(/C=C(/Cn2cccn2)c2ccc(OCc3ccc4ccccc4n3)cc2)cc1. The van der Waals surface area contributed by atoms with Crippen LogP contribution in [0.5, 0.6) is 5.75 Å². The average molecular weight is 452 g/mol. The predicted octanol–water partition coefficient (Wildman–Crippen LogP) is 6.90. The quantitative estimate of drug-likeness (QED) is 0.252. The van der Waals surface area contributed by atoms with Crippen LogP contribution in [0.3, 0.4) is 0 Å². The molecular formula is C28H22ClN3O. The van der Waals surface area contributed by atoms with Crippen molar-refractivity contribution in [1.29, 1.82) is 0 Å². The third kappa shape index (κ3) is 5.30. The van der Waals surface area contributed by atoms with Crippen LogP contribution < -0.4 is 4.74 Å². The van der Waals surface area contributed by atoms with Gasteiger partial charge in [-0.05, 0) is 65.2 Å². The minimum Gasteiger partial charge on any atom is -0.487 e. The van der Waals surface area contributed by atoms with Crippen molar-refractivity contribution in [3.8, 4) is 5.75 Å². The molecule has 162 valence electrons. The second-order valence-corrected chi connectivity index (χ2v) is 8.17. The van der Waals surface area contributed by atoms with E-state index >= 15 is 0 Å². The molecule has 5 rings (SSSR count). The molecule has 0 saturated heterocycles. The summed E-state index contributed by atoms with van der Waals surface area (Å²) < 4.78 is 7.91. The molecule has 3 aromatic carbocycles. The lowest BCUT2D eigenvalue weighted by atomic mass is 10.0. The second kappa shape index (κ2) is 9.72. The lowest BCUT2D eigenvalue weighted by Gasteiger charge is -2.11. The molecule has 0 radical (unpaired) electrons. The number of hydrogen-bond acceptors (Lipinski definition) is 3. The van der Waals surface area contributed by atoms with Gasteiger partial charge in [-0.25, -0.2) is 4.98 Å². The fraction of sp³-hybridized carbons (Fsp3) is 0.0714. The first kappa shape index (κ1) is 21.0. The number of ether oxygens (including phenoxy) is 1. The van der Waals surface area contributed by atoms with Gasteiger partial charge in [-0.1, -0.05) is 60.1 Å². The molecule has 0 aliphatic heterocycles. The van der Waals surface area contributed by atoms with Gasteiger partial charge < -0.3 is 4.74 Å². The smallest absolute Gasteiger partial charge is 0.130 e. The van der Waals surface area contributed by atoms with Crippen LogP contribution in [0.4, 0.5) is 0 Å². The normalized spacial score (nSPS) is 11.6. The molecule has 0 atom stereocenters. The van der Waals surface area contributed by atoms with Gasteiger partial charge in [-0.15, -0.1) is 0 Å². The van der Waals surface area contributed by atoms with Gasteiger partial charge >= 0.3 is 0 Å². The van der Waals surface area contributed by atoms with Crippen molar-refractivity contribution in [3.63, 3.8) is 0 Å². The van der Waals surface area contributed by atoms with Gasteiger partial charge in [-0.2, -0.15) is 5.10 Å². The van der Waals surface area contributed by atoms with Crippen LogP contribution in [0.25, 0.3) is 22.6 Å². The fourth-order valence-electron chi connectivity index (χ4n) is 3.66. The number of para-hydroxylation sites is 1. The monoisotopic (exact) mass is 451 g/mol. The molecule has 0 unspecified atom stereocenters. The molecule has 4 nitrogen and oxygen atoms in total. The van der Waals surface area contributed by atoms with Crippen LogP contribution in [-0.2, 0) is 13.2 Å². The summed E-state index contributed by atoms with van der Waals surface area (Å²) in [6.07, 6.45) is 5.91. The average Bonchev–Trinajstić information content (AvgIpc) is 3.37. The highest BCUT2D eigenvalue weighted by atomic mass is 35.5. The van der Waals surface area contributed by atoms with Crippen LogP contribution in [0.2, 0.25) is 5.02 Å². The van der Waals surface area contributed by atoms with Crippen molar-refractivity contribution in [3.05, 3.63) is 125 Å². The van der Waals surface area contributed by atoms with Gasteiger partial charge in [0.25, 0.3) is 0 Å². The summed E-state index contributed by atoms with van der Waals surface area (Å²) in [7, 11) is 0. The number of pyridine rings is 1. The molecule has 0 aliphatic carbocycles. The molecule has 2 aromatic heterocycles. The Morgan fingerprint density at radius 3 is 2.48 bits per heavy atom. The fourth-order valence-corrected chi connectivity index (χ4v) is 3.79. The molecule has 0 saturated carbocycles. The van der Waals surface area contributed by atoms with E-state index in [9.17, 15) is 0 Å². The van der Waals surface area contributed by atoms with Crippen LogP contribution >= 0.6 is 11.6 Å². The molecule has 0 fully saturated rings. The second-order valence-electron chi connectivity index (χ2n) is 7.73. The van der Waals surface area contributed by atoms with E-state index < -0.39 is 0 Å². The highest BCUT2D eigenvalue weighted by Gasteiger charge is 2.06. The molecule has 5 aromatic rings. The first-order valence-corrected chi connectivity index (χ1v) is 11.1. The third-order valence-electron chi connectivity index (χ3n) is 5.37. The Balaban J connectivity index is 1.34. The molecule has 0 bridgehead atoms. The minimum absolute atomic E-state index is 0.422. The lowest BCUT2D eigenvalue weighted by molar-refractivity contribution is 0.302. The highest BCUT2D eigenvalue weighted by molar-refractivity contribution is 6.30. The summed E-state index contributed by atoms with van der Waals surface area (Å²) in [5.41, 5.74) is 5.22. The van der Waals surface area contributed by atoms with Crippen molar-refractivity contribution >= 4 is 34.2 Å². The summed E-state index contributed by atoms with van der Waals surface area (Å²) in [5, 5.41) is 6.22.